The van der Waals surface area contributed by atoms with Crippen LogP contribution in [0.1, 0.15) is 33.6 Å². The largest absolute Gasteiger partial charge is 0.379 e. The molecule has 0 saturated carbocycles. The van der Waals surface area contributed by atoms with Crippen molar-refractivity contribution in [3.05, 3.63) is 0 Å². The van der Waals surface area contributed by atoms with Gasteiger partial charge in [-0.25, -0.2) is 0 Å². The van der Waals surface area contributed by atoms with Crippen LogP contribution in [0.15, 0.2) is 0 Å². The molecule has 0 aromatic heterocycles. The molecule has 0 aliphatic carbocycles. The monoisotopic (exact) mass is 245 g/mol. The Morgan fingerprint density at radius 1 is 1.12 bits per heavy atom. The van der Waals surface area contributed by atoms with Crippen molar-refractivity contribution in [3.8, 4) is 0 Å². The first kappa shape index (κ1) is 16.6. The SMILES string of the molecule is CCC(=O)CCOCCOCCN(C)C(C)C. The molecule has 0 saturated heterocycles. The van der Waals surface area contributed by atoms with Gasteiger partial charge in [-0.05, 0) is 20.9 Å². The standard InChI is InChI=1S/C13H27NO3/c1-5-13(15)6-8-16-10-11-17-9-7-14(4)12(2)3/h12H,5-11H2,1-4H3. The van der Waals surface area contributed by atoms with Gasteiger partial charge in [-0.15, -0.1) is 0 Å². The lowest BCUT2D eigenvalue weighted by Gasteiger charge is -2.20. The fourth-order valence-electron chi connectivity index (χ4n) is 1.15. The summed E-state index contributed by atoms with van der Waals surface area (Å²) in [6.07, 6.45) is 1.12. The minimum atomic E-state index is 0.254. The molecule has 0 radical (unpaired) electrons. The summed E-state index contributed by atoms with van der Waals surface area (Å²) in [7, 11) is 2.08. The van der Waals surface area contributed by atoms with Gasteiger partial charge in [-0.3, -0.25) is 4.79 Å². The molecule has 102 valence electrons. The molecular formula is C13H27NO3. The van der Waals surface area contributed by atoms with Gasteiger partial charge in [0, 0.05) is 25.4 Å². The molecule has 4 nitrogen and oxygen atoms in total. The first-order valence-corrected chi connectivity index (χ1v) is 6.45. The van der Waals surface area contributed by atoms with Crippen molar-refractivity contribution >= 4 is 5.78 Å². The van der Waals surface area contributed by atoms with Crippen LogP contribution in [0, 0.1) is 0 Å². The Kier molecular flexibility index (Phi) is 10.4. The van der Waals surface area contributed by atoms with Gasteiger partial charge in [0.15, 0.2) is 0 Å². The lowest BCUT2D eigenvalue weighted by Crippen LogP contribution is -2.30. The number of ether oxygens (including phenoxy) is 2. The predicted molar refractivity (Wildman–Crippen MR) is 69.3 cm³/mol. The quantitative estimate of drug-likeness (QED) is 0.520. The number of Topliss-reactive ketones (excluding diaryl/α,β-unsaturated/α-hetero) is 1. The van der Waals surface area contributed by atoms with E-state index in [0.717, 1.165) is 13.2 Å². The van der Waals surface area contributed by atoms with Gasteiger partial charge in [0.1, 0.15) is 5.78 Å². The van der Waals surface area contributed by atoms with E-state index in [9.17, 15) is 4.79 Å². The van der Waals surface area contributed by atoms with Crippen LogP contribution in [-0.2, 0) is 14.3 Å². The van der Waals surface area contributed by atoms with Crippen LogP contribution in [0.3, 0.4) is 0 Å². The fourth-order valence-corrected chi connectivity index (χ4v) is 1.15. The molecule has 4 heteroatoms. The highest BCUT2D eigenvalue weighted by Crippen LogP contribution is 1.93. The summed E-state index contributed by atoms with van der Waals surface area (Å²) in [6.45, 7) is 9.55. The first-order chi connectivity index (χ1) is 8.07. The number of nitrogens with zero attached hydrogens (tertiary/aromatic N) is 1. The van der Waals surface area contributed by atoms with Crippen LogP contribution in [0.4, 0.5) is 0 Å². The third-order valence-electron chi connectivity index (χ3n) is 2.76. The predicted octanol–water partition coefficient (Wildman–Crippen LogP) is 1.73. The highest BCUT2D eigenvalue weighted by Gasteiger charge is 2.02. The van der Waals surface area contributed by atoms with Gasteiger partial charge in [-0.1, -0.05) is 6.92 Å². The molecule has 0 unspecified atom stereocenters. The Hall–Kier alpha value is -0.450. The molecule has 0 spiro atoms. The van der Waals surface area contributed by atoms with Crippen LogP contribution < -0.4 is 0 Å². The fraction of sp³-hybridized carbons (Fsp3) is 0.923. The third kappa shape index (κ3) is 10.4. The third-order valence-corrected chi connectivity index (χ3v) is 2.76. The van der Waals surface area contributed by atoms with Crippen molar-refractivity contribution in [1.82, 2.24) is 4.90 Å². The number of carbonyl (C=O) groups is 1. The van der Waals surface area contributed by atoms with E-state index in [1.165, 1.54) is 0 Å². The first-order valence-electron chi connectivity index (χ1n) is 6.45. The summed E-state index contributed by atoms with van der Waals surface area (Å²) in [5.41, 5.74) is 0. The zero-order valence-electron chi connectivity index (χ0n) is 11.7. The van der Waals surface area contributed by atoms with Gasteiger partial charge in [0.25, 0.3) is 0 Å². The molecule has 0 heterocycles. The zero-order chi connectivity index (χ0) is 13.1. The Balaban J connectivity index is 3.16. The summed E-state index contributed by atoms with van der Waals surface area (Å²) in [5, 5.41) is 0. The van der Waals surface area contributed by atoms with E-state index in [-0.39, 0.29) is 5.78 Å². The smallest absolute Gasteiger partial charge is 0.134 e. The molecule has 0 atom stereocenters. The molecule has 0 amide bonds. The maximum atomic E-state index is 11.0. The molecule has 0 aliphatic rings. The number of hydrogen-bond donors (Lipinski definition) is 0. The summed E-state index contributed by atoms with van der Waals surface area (Å²) >= 11 is 0. The van der Waals surface area contributed by atoms with E-state index in [1.54, 1.807) is 0 Å². The zero-order valence-corrected chi connectivity index (χ0v) is 11.7. The number of hydrogen-bond acceptors (Lipinski definition) is 4. The van der Waals surface area contributed by atoms with Crippen molar-refractivity contribution in [2.45, 2.75) is 39.7 Å². The second-order valence-corrected chi connectivity index (χ2v) is 4.44. The van der Waals surface area contributed by atoms with Crippen LogP contribution in [0.5, 0.6) is 0 Å². The molecule has 17 heavy (non-hydrogen) atoms. The molecule has 0 bridgehead atoms. The number of carbonyl (C=O) groups excluding carboxylic acids is 1. The van der Waals surface area contributed by atoms with Crippen molar-refractivity contribution in [2.75, 3.05) is 40.0 Å². The van der Waals surface area contributed by atoms with Gasteiger partial charge in [0.05, 0.1) is 26.4 Å². The van der Waals surface area contributed by atoms with Crippen LogP contribution in [0.25, 0.3) is 0 Å². The average Bonchev–Trinajstić information content (AvgIpc) is 2.31. The molecule has 0 rings (SSSR count). The number of ketones is 1. The minimum Gasteiger partial charge on any atom is -0.379 e. The van der Waals surface area contributed by atoms with E-state index in [1.807, 2.05) is 6.92 Å². The molecule has 0 fully saturated rings. The van der Waals surface area contributed by atoms with Crippen molar-refractivity contribution in [1.29, 1.82) is 0 Å². The second kappa shape index (κ2) is 10.7. The number of rotatable bonds is 11. The molecule has 0 aromatic carbocycles. The maximum Gasteiger partial charge on any atom is 0.134 e. The molecule has 0 aliphatic heterocycles. The van der Waals surface area contributed by atoms with Gasteiger partial charge >= 0.3 is 0 Å². The van der Waals surface area contributed by atoms with Gasteiger partial charge in [-0.2, -0.15) is 0 Å². The van der Waals surface area contributed by atoms with E-state index < -0.39 is 0 Å². The maximum absolute atomic E-state index is 11.0. The minimum absolute atomic E-state index is 0.254. The van der Waals surface area contributed by atoms with Crippen molar-refractivity contribution in [2.24, 2.45) is 0 Å². The van der Waals surface area contributed by atoms with Crippen LogP contribution in [0.2, 0.25) is 0 Å². The van der Waals surface area contributed by atoms with E-state index >= 15 is 0 Å². The van der Waals surface area contributed by atoms with Crippen molar-refractivity contribution in [3.63, 3.8) is 0 Å². The summed E-state index contributed by atoms with van der Waals surface area (Å²) in [6, 6.07) is 0.551. The topological polar surface area (TPSA) is 38.8 Å². The summed E-state index contributed by atoms with van der Waals surface area (Å²) in [5.74, 6) is 0.254. The van der Waals surface area contributed by atoms with Gasteiger partial charge < -0.3 is 14.4 Å². The Labute approximate surface area is 105 Å². The van der Waals surface area contributed by atoms with E-state index in [2.05, 4.69) is 25.8 Å². The highest BCUT2D eigenvalue weighted by molar-refractivity contribution is 5.78. The van der Waals surface area contributed by atoms with E-state index in [4.69, 9.17) is 9.47 Å². The highest BCUT2D eigenvalue weighted by atomic mass is 16.5. The Morgan fingerprint density at radius 2 is 1.71 bits per heavy atom. The summed E-state index contributed by atoms with van der Waals surface area (Å²) < 4.78 is 10.7. The molecule has 0 aromatic rings. The summed E-state index contributed by atoms with van der Waals surface area (Å²) in [4.78, 5) is 13.2. The van der Waals surface area contributed by atoms with Crippen molar-refractivity contribution < 1.29 is 14.3 Å². The lowest BCUT2D eigenvalue weighted by molar-refractivity contribution is -0.119. The normalized spacial score (nSPS) is 11.4. The van der Waals surface area contributed by atoms with Crippen LogP contribution in [-0.4, -0.2) is 56.7 Å². The molecular weight excluding hydrogens is 218 g/mol. The molecule has 0 N–H and O–H groups in total. The Morgan fingerprint density at radius 3 is 2.24 bits per heavy atom. The second-order valence-electron chi connectivity index (χ2n) is 4.44. The Bertz CT molecular complexity index is 195. The van der Waals surface area contributed by atoms with Gasteiger partial charge in [0.2, 0.25) is 0 Å². The average molecular weight is 245 g/mol. The van der Waals surface area contributed by atoms with Crippen LogP contribution >= 0.6 is 0 Å². The number of likely N-dealkylation sites (N-methyl/N-ethyl adjacent to an activating group) is 1. The lowest BCUT2D eigenvalue weighted by atomic mass is 10.2. The van der Waals surface area contributed by atoms with E-state index in [0.29, 0.717) is 38.7 Å².